The first-order valence-electron chi connectivity index (χ1n) is 5.49. The molecule has 0 radical (unpaired) electrons. The van der Waals surface area contributed by atoms with Gasteiger partial charge in [-0.3, -0.25) is 14.4 Å². The lowest BCUT2D eigenvalue weighted by Crippen LogP contribution is -2.29. The Balaban J connectivity index is 2.05. The van der Waals surface area contributed by atoms with E-state index in [2.05, 4.69) is 10.00 Å². The second kappa shape index (κ2) is 4.57. The molecule has 0 spiro atoms. The van der Waals surface area contributed by atoms with Gasteiger partial charge in [0.05, 0.1) is 11.3 Å². The molecule has 0 N–H and O–H groups in total. The van der Waals surface area contributed by atoms with Gasteiger partial charge in [0.15, 0.2) is 6.29 Å². The van der Waals surface area contributed by atoms with E-state index in [1.165, 1.54) is 19.3 Å². The Bertz CT molecular complexity index is 340. The maximum atomic E-state index is 10.8. The van der Waals surface area contributed by atoms with Gasteiger partial charge in [0.25, 0.3) is 0 Å². The number of aldehydes is 1. The Hall–Kier alpha value is -1.16. The molecule has 2 heterocycles. The molecule has 1 aromatic rings. The van der Waals surface area contributed by atoms with Gasteiger partial charge in [-0.2, -0.15) is 5.10 Å². The Morgan fingerprint density at radius 3 is 2.80 bits per heavy atom. The number of carbonyl (C=O) groups excluding carboxylic acids is 1. The molecule has 1 aromatic heterocycles. The lowest BCUT2D eigenvalue weighted by Gasteiger charge is -2.25. The lowest BCUT2D eigenvalue weighted by molar-refractivity contribution is 0.112. The van der Waals surface area contributed by atoms with E-state index in [0.717, 1.165) is 37.2 Å². The number of aryl methyl sites for hydroxylation is 1. The van der Waals surface area contributed by atoms with Crippen LogP contribution in [0.25, 0.3) is 0 Å². The van der Waals surface area contributed by atoms with Gasteiger partial charge >= 0.3 is 0 Å². The first kappa shape index (κ1) is 10.4. The van der Waals surface area contributed by atoms with E-state index in [1.807, 2.05) is 7.05 Å². The van der Waals surface area contributed by atoms with Crippen LogP contribution in [0.4, 0.5) is 0 Å². The third-order valence-corrected chi connectivity index (χ3v) is 2.89. The molecule has 1 aliphatic heterocycles. The predicted octanol–water partition coefficient (Wildman–Crippen LogP) is 1.22. The summed E-state index contributed by atoms with van der Waals surface area (Å²) in [7, 11) is 1.85. The van der Waals surface area contributed by atoms with Crippen molar-refractivity contribution < 1.29 is 4.79 Å². The molecule has 1 saturated heterocycles. The second-order valence-electron chi connectivity index (χ2n) is 4.16. The van der Waals surface area contributed by atoms with Crippen molar-refractivity contribution in [1.29, 1.82) is 0 Å². The zero-order valence-electron chi connectivity index (χ0n) is 9.15. The molecule has 2 rings (SSSR count). The van der Waals surface area contributed by atoms with Crippen LogP contribution in [0.3, 0.4) is 0 Å². The quantitative estimate of drug-likeness (QED) is 0.699. The zero-order valence-corrected chi connectivity index (χ0v) is 9.15. The average Bonchev–Trinajstić information content (AvgIpc) is 2.60. The molecule has 0 unspecified atom stereocenters. The molecule has 1 fully saturated rings. The van der Waals surface area contributed by atoms with Crippen molar-refractivity contribution >= 4 is 6.29 Å². The lowest BCUT2D eigenvalue weighted by atomic mass is 10.1. The van der Waals surface area contributed by atoms with E-state index < -0.39 is 0 Å². The van der Waals surface area contributed by atoms with Crippen molar-refractivity contribution in [2.75, 3.05) is 13.1 Å². The number of aromatic nitrogens is 2. The smallest absolute Gasteiger partial charge is 0.153 e. The Labute approximate surface area is 89.9 Å². The predicted molar refractivity (Wildman–Crippen MR) is 57.7 cm³/mol. The summed E-state index contributed by atoms with van der Waals surface area (Å²) < 4.78 is 1.71. The van der Waals surface area contributed by atoms with Crippen LogP contribution in [-0.4, -0.2) is 34.1 Å². The van der Waals surface area contributed by atoms with Gasteiger partial charge in [-0.1, -0.05) is 6.42 Å². The van der Waals surface area contributed by atoms with Crippen molar-refractivity contribution in [3.05, 3.63) is 17.5 Å². The van der Waals surface area contributed by atoms with Crippen LogP contribution in [0.5, 0.6) is 0 Å². The van der Waals surface area contributed by atoms with Crippen LogP contribution in [0.2, 0.25) is 0 Å². The summed E-state index contributed by atoms with van der Waals surface area (Å²) in [5, 5.41) is 4.32. The molecule has 0 bridgehead atoms. The van der Waals surface area contributed by atoms with Crippen molar-refractivity contribution in [2.24, 2.45) is 7.05 Å². The fourth-order valence-corrected chi connectivity index (χ4v) is 2.10. The van der Waals surface area contributed by atoms with Crippen molar-refractivity contribution in [2.45, 2.75) is 25.8 Å². The van der Waals surface area contributed by atoms with Crippen LogP contribution in [0.1, 0.15) is 35.3 Å². The van der Waals surface area contributed by atoms with Crippen LogP contribution in [0, 0.1) is 0 Å². The third-order valence-electron chi connectivity index (χ3n) is 2.89. The summed E-state index contributed by atoms with van der Waals surface area (Å²) in [6.45, 7) is 3.08. The molecule has 0 aliphatic carbocycles. The first-order chi connectivity index (χ1) is 7.29. The molecular formula is C11H17N3O. The molecule has 0 aromatic carbocycles. The first-order valence-corrected chi connectivity index (χ1v) is 5.49. The maximum absolute atomic E-state index is 10.8. The highest BCUT2D eigenvalue weighted by Crippen LogP contribution is 2.13. The number of likely N-dealkylation sites (tertiary alicyclic amines) is 1. The number of piperidine rings is 1. The normalized spacial score (nSPS) is 17.9. The fraction of sp³-hybridized carbons (Fsp3) is 0.636. The average molecular weight is 207 g/mol. The Kier molecular flexibility index (Phi) is 3.16. The summed E-state index contributed by atoms with van der Waals surface area (Å²) in [6, 6.07) is 0. The molecule has 4 heteroatoms. The van der Waals surface area contributed by atoms with Gasteiger partial charge in [-0.25, -0.2) is 0 Å². The number of carbonyl (C=O) groups is 1. The van der Waals surface area contributed by atoms with Crippen LogP contribution >= 0.6 is 0 Å². The summed E-state index contributed by atoms with van der Waals surface area (Å²) >= 11 is 0. The molecule has 4 nitrogen and oxygen atoms in total. The van der Waals surface area contributed by atoms with Gasteiger partial charge in [-0.15, -0.1) is 0 Å². The summed E-state index contributed by atoms with van der Waals surface area (Å²) in [5.74, 6) is 0. The van der Waals surface area contributed by atoms with E-state index in [0.29, 0.717) is 0 Å². The fourth-order valence-electron chi connectivity index (χ4n) is 2.10. The van der Waals surface area contributed by atoms with E-state index in [1.54, 1.807) is 10.9 Å². The number of hydrogen-bond acceptors (Lipinski definition) is 3. The summed E-state index contributed by atoms with van der Waals surface area (Å²) in [5.41, 5.74) is 1.64. The van der Waals surface area contributed by atoms with Gasteiger partial charge in [0.1, 0.15) is 0 Å². The largest absolute Gasteiger partial charge is 0.298 e. The number of rotatable bonds is 3. The molecule has 0 atom stereocenters. The van der Waals surface area contributed by atoms with Crippen LogP contribution < -0.4 is 0 Å². The summed E-state index contributed by atoms with van der Waals surface area (Å²) in [4.78, 5) is 13.2. The number of hydrogen-bond donors (Lipinski definition) is 0. The highest BCUT2D eigenvalue weighted by Gasteiger charge is 2.14. The van der Waals surface area contributed by atoms with E-state index in [4.69, 9.17) is 0 Å². The standard InChI is InChI=1S/C11H17N3O/c1-13-7-10(9-15)11(12-13)8-14-5-3-2-4-6-14/h7,9H,2-6,8H2,1H3. The topological polar surface area (TPSA) is 38.1 Å². The van der Waals surface area contributed by atoms with E-state index >= 15 is 0 Å². The van der Waals surface area contributed by atoms with Gasteiger partial charge < -0.3 is 0 Å². The second-order valence-corrected chi connectivity index (χ2v) is 4.16. The van der Waals surface area contributed by atoms with Gasteiger partial charge in [0, 0.05) is 19.8 Å². The highest BCUT2D eigenvalue weighted by molar-refractivity contribution is 5.75. The molecule has 15 heavy (non-hydrogen) atoms. The summed E-state index contributed by atoms with van der Waals surface area (Å²) in [6.07, 6.45) is 6.55. The molecule has 82 valence electrons. The van der Waals surface area contributed by atoms with Gasteiger partial charge in [-0.05, 0) is 25.9 Å². The Morgan fingerprint density at radius 1 is 1.40 bits per heavy atom. The minimum absolute atomic E-state index is 0.725. The minimum atomic E-state index is 0.725. The van der Waals surface area contributed by atoms with Crippen LogP contribution in [-0.2, 0) is 13.6 Å². The highest BCUT2D eigenvalue weighted by atomic mass is 16.1. The molecule has 0 amide bonds. The van der Waals surface area contributed by atoms with E-state index in [9.17, 15) is 4.79 Å². The maximum Gasteiger partial charge on any atom is 0.153 e. The van der Waals surface area contributed by atoms with E-state index in [-0.39, 0.29) is 0 Å². The Morgan fingerprint density at radius 2 is 2.13 bits per heavy atom. The third kappa shape index (κ3) is 2.45. The van der Waals surface area contributed by atoms with Gasteiger partial charge in [0.2, 0.25) is 0 Å². The van der Waals surface area contributed by atoms with Crippen molar-refractivity contribution in [3.63, 3.8) is 0 Å². The number of nitrogens with zero attached hydrogens (tertiary/aromatic N) is 3. The van der Waals surface area contributed by atoms with Crippen LogP contribution in [0.15, 0.2) is 6.20 Å². The molecule has 0 saturated carbocycles. The monoisotopic (exact) mass is 207 g/mol. The minimum Gasteiger partial charge on any atom is -0.298 e. The zero-order chi connectivity index (χ0) is 10.7. The van der Waals surface area contributed by atoms with Crippen molar-refractivity contribution in [3.8, 4) is 0 Å². The SMILES string of the molecule is Cn1cc(C=O)c(CN2CCCCC2)n1. The molecular weight excluding hydrogens is 190 g/mol. The molecule has 1 aliphatic rings. The van der Waals surface area contributed by atoms with Crippen molar-refractivity contribution in [1.82, 2.24) is 14.7 Å².